The fourth-order valence-electron chi connectivity index (χ4n) is 4.19. The van der Waals surface area contributed by atoms with E-state index in [1.165, 1.54) is 36.7 Å². The van der Waals surface area contributed by atoms with E-state index >= 15 is 0 Å². The average molecular weight is 392 g/mol. The van der Waals surface area contributed by atoms with Crippen LogP contribution in [0.5, 0.6) is 0 Å². The SMILES string of the molecule is Cn1c(CCCCC(O)CNCC2CCCCC2)nc2c1c(=O)[nH]c(=O)n2C. The fraction of sp³-hybridized carbons (Fsp3) is 0.750. The van der Waals surface area contributed by atoms with E-state index in [1.54, 1.807) is 18.7 Å². The number of imidazole rings is 1. The van der Waals surface area contributed by atoms with Crippen molar-refractivity contribution in [1.82, 2.24) is 24.4 Å². The highest BCUT2D eigenvalue weighted by Gasteiger charge is 2.15. The number of hydrogen-bond acceptors (Lipinski definition) is 5. The van der Waals surface area contributed by atoms with Crippen LogP contribution >= 0.6 is 0 Å². The Morgan fingerprint density at radius 2 is 1.93 bits per heavy atom. The number of aromatic nitrogens is 4. The first-order chi connectivity index (χ1) is 13.5. The maximum Gasteiger partial charge on any atom is 0.329 e. The molecule has 1 aliphatic carbocycles. The highest BCUT2D eigenvalue weighted by molar-refractivity contribution is 5.70. The smallest absolute Gasteiger partial charge is 0.329 e. The molecule has 1 atom stereocenters. The van der Waals surface area contributed by atoms with Crippen LogP contribution in [0.4, 0.5) is 0 Å². The lowest BCUT2D eigenvalue weighted by Crippen LogP contribution is -2.31. The molecule has 3 N–H and O–H groups in total. The van der Waals surface area contributed by atoms with Crippen molar-refractivity contribution < 1.29 is 5.11 Å². The van der Waals surface area contributed by atoms with Crippen molar-refractivity contribution in [3.8, 4) is 0 Å². The Bertz CT molecular complexity index is 892. The molecule has 1 saturated carbocycles. The number of aliphatic hydroxyl groups is 1. The number of unbranched alkanes of at least 4 members (excludes halogenated alkanes) is 1. The molecule has 1 aliphatic rings. The van der Waals surface area contributed by atoms with E-state index in [9.17, 15) is 14.7 Å². The predicted molar refractivity (Wildman–Crippen MR) is 110 cm³/mol. The number of rotatable bonds is 9. The van der Waals surface area contributed by atoms with Gasteiger partial charge in [-0.05, 0) is 38.1 Å². The Morgan fingerprint density at radius 1 is 1.18 bits per heavy atom. The third-order valence-electron chi connectivity index (χ3n) is 5.95. The van der Waals surface area contributed by atoms with Gasteiger partial charge in [-0.2, -0.15) is 0 Å². The molecule has 0 bridgehead atoms. The van der Waals surface area contributed by atoms with Gasteiger partial charge in [-0.15, -0.1) is 0 Å². The van der Waals surface area contributed by atoms with Gasteiger partial charge in [0.2, 0.25) is 0 Å². The molecule has 0 spiro atoms. The van der Waals surface area contributed by atoms with Gasteiger partial charge >= 0.3 is 5.69 Å². The molecule has 2 heterocycles. The summed E-state index contributed by atoms with van der Waals surface area (Å²) in [5.41, 5.74) is -0.0212. The van der Waals surface area contributed by atoms with Gasteiger partial charge in [-0.25, -0.2) is 9.78 Å². The van der Waals surface area contributed by atoms with Crippen LogP contribution in [0.15, 0.2) is 9.59 Å². The van der Waals surface area contributed by atoms with Crippen LogP contribution in [-0.2, 0) is 20.5 Å². The molecule has 0 aliphatic heterocycles. The molecule has 8 heteroatoms. The van der Waals surface area contributed by atoms with Crippen molar-refractivity contribution in [3.05, 3.63) is 26.7 Å². The summed E-state index contributed by atoms with van der Waals surface area (Å²) in [4.78, 5) is 30.6. The molecule has 2 aromatic heterocycles. The van der Waals surface area contributed by atoms with E-state index in [4.69, 9.17) is 0 Å². The second kappa shape index (κ2) is 9.52. The van der Waals surface area contributed by atoms with Gasteiger partial charge in [0.15, 0.2) is 11.2 Å². The molecule has 1 fully saturated rings. The normalized spacial score (nSPS) is 16.7. The van der Waals surface area contributed by atoms with Crippen LogP contribution < -0.4 is 16.6 Å². The number of H-pyrrole nitrogens is 1. The molecule has 0 radical (unpaired) electrons. The zero-order valence-electron chi connectivity index (χ0n) is 17.0. The Kier molecular flexibility index (Phi) is 7.07. The van der Waals surface area contributed by atoms with Crippen molar-refractivity contribution >= 4 is 11.2 Å². The number of nitrogens with one attached hydrogen (secondary N) is 2. The Hall–Kier alpha value is -1.93. The van der Waals surface area contributed by atoms with Crippen LogP contribution in [-0.4, -0.2) is 43.4 Å². The monoisotopic (exact) mass is 391 g/mol. The second-order valence-electron chi connectivity index (χ2n) is 8.14. The largest absolute Gasteiger partial charge is 0.392 e. The summed E-state index contributed by atoms with van der Waals surface area (Å²) < 4.78 is 3.12. The van der Waals surface area contributed by atoms with Crippen LogP contribution in [0.25, 0.3) is 11.2 Å². The lowest BCUT2D eigenvalue weighted by atomic mass is 9.89. The number of hydrogen-bond donors (Lipinski definition) is 3. The molecule has 0 saturated heterocycles. The maximum atomic E-state index is 12.1. The van der Waals surface area contributed by atoms with Gasteiger partial charge in [-0.1, -0.05) is 25.7 Å². The van der Waals surface area contributed by atoms with Gasteiger partial charge in [0.05, 0.1) is 6.10 Å². The summed E-state index contributed by atoms with van der Waals surface area (Å²) in [6.45, 7) is 1.67. The van der Waals surface area contributed by atoms with Gasteiger partial charge in [0.1, 0.15) is 5.82 Å². The highest BCUT2D eigenvalue weighted by atomic mass is 16.3. The van der Waals surface area contributed by atoms with Crippen molar-refractivity contribution in [2.24, 2.45) is 20.0 Å². The Morgan fingerprint density at radius 3 is 2.68 bits per heavy atom. The molecule has 0 amide bonds. The van der Waals surface area contributed by atoms with Crippen molar-refractivity contribution in [2.45, 2.75) is 63.9 Å². The molecular weight excluding hydrogens is 358 g/mol. The Balaban J connectivity index is 1.43. The second-order valence-corrected chi connectivity index (χ2v) is 8.14. The number of aryl methyl sites for hydroxylation is 3. The Labute approximate surface area is 165 Å². The van der Waals surface area contributed by atoms with Crippen LogP contribution in [0.1, 0.15) is 57.2 Å². The van der Waals surface area contributed by atoms with Gasteiger partial charge in [0, 0.05) is 27.1 Å². The van der Waals surface area contributed by atoms with Gasteiger partial charge < -0.3 is 15.0 Å². The summed E-state index contributed by atoms with van der Waals surface area (Å²) in [7, 11) is 3.41. The zero-order chi connectivity index (χ0) is 20.1. The average Bonchev–Trinajstić information content (AvgIpc) is 3.01. The summed E-state index contributed by atoms with van der Waals surface area (Å²) >= 11 is 0. The minimum atomic E-state index is -0.453. The highest BCUT2D eigenvalue weighted by Crippen LogP contribution is 2.22. The van der Waals surface area contributed by atoms with Crippen LogP contribution in [0, 0.1) is 5.92 Å². The number of aromatic amines is 1. The summed E-state index contributed by atoms with van der Waals surface area (Å²) in [5, 5.41) is 13.6. The fourth-order valence-corrected chi connectivity index (χ4v) is 4.19. The molecule has 28 heavy (non-hydrogen) atoms. The minimum absolute atomic E-state index is 0.326. The van der Waals surface area contributed by atoms with Crippen LogP contribution in [0.3, 0.4) is 0 Å². The topological polar surface area (TPSA) is 105 Å². The molecule has 8 nitrogen and oxygen atoms in total. The zero-order valence-corrected chi connectivity index (χ0v) is 17.0. The van der Waals surface area contributed by atoms with E-state index in [-0.39, 0.29) is 6.10 Å². The quantitative estimate of drug-likeness (QED) is 0.557. The number of nitrogens with zero attached hydrogens (tertiary/aromatic N) is 3. The maximum absolute atomic E-state index is 12.1. The number of aliphatic hydroxyl groups excluding tert-OH is 1. The van der Waals surface area contributed by atoms with E-state index in [0.717, 1.165) is 37.5 Å². The minimum Gasteiger partial charge on any atom is -0.392 e. The first-order valence-electron chi connectivity index (χ1n) is 10.5. The third-order valence-corrected chi connectivity index (χ3v) is 5.95. The van der Waals surface area contributed by atoms with Gasteiger partial charge in [0.25, 0.3) is 5.56 Å². The van der Waals surface area contributed by atoms with Crippen molar-refractivity contribution in [3.63, 3.8) is 0 Å². The molecule has 0 aromatic carbocycles. The molecule has 3 rings (SSSR count). The van der Waals surface area contributed by atoms with E-state index in [2.05, 4.69) is 15.3 Å². The summed E-state index contributed by atoms with van der Waals surface area (Å²) in [6.07, 6.45) is 9.59. The molecule has 2 aromatic rings. The predicted octanol–water partition coefficient (Wildman–Crippen LogP) is 1.20. The first kappa shape index (κ1) is 20.8. The molecular formula is C20H33N5O3. The van der Waals surface area contributed by atoms with E-state index in [1.807, 2.05) is 0 Å². The lowest BCUT2D eigenvalue weighted by molar-refractivity contribution is 0.155. The van der Waals surface area contributed by atoms with E-state index < -0.39 is 11.2 Å². The van der Waals surface area contributed by atoms with Crippen LogP contribution in [0.2, 0.25) is 0 Å². The summed E-state index contributed by atoms with van der Waals surface area (Å²) in [5.74, 6) is 1.56. The molecule has 1 unspecified atom stereocenters. The number of fused-ring (bicyclic) bond motifs is 1. The van der Waals surface area contributed by atoms with Gasteiger partial charge in [-0.3, -0.25) is 14.3 Å². The standard InChI is InChI=1S/C20H33N5O3/c1-24-16(22-18-17(24)19(27)23-20(28)25(18)2)11-7-6-10-15(26)13-21-12-14-8-4-3-5-9-14/h14-15,21,26H,3-13H2,1-2H3,(H,23,27,28). The van der Waals surface area contributed by atoms with Crippen molar-refractivity contribution in [2.75, 3.05) is 13.1 Å². The lowest BCUT2D eigenvalue weighted by Gasteiger charge is -2.22. The first-order valence-corrected chi connectivity index (χ1v) is 10.5. The van der Waals surface area contributed by atoms with E-state index in [0.29, 0.717) is 24.1 Å². The third kappa shape index (κ3) is 4.91. The molecule has 156 valence electrons. The summed E-state index contributed by atoms with van der Waals surface area (Å²) in [6, 6.07) is 0. The van der Waals surface area contributed by atoms with Crippen molar-refractivity contribution in [1.29, 1.82) is 0 Å².